The molecule has 3 heteroatoms. The number of aryl methyl sites for hydroxylation is 2. The van der Waals surface area contributed by atoms with Crippen LogP contribution in [0.4, 0.5) is 0 Å². The van der Waals surface area contributed by atoms with Gasteiger partial charge in [-0.15, -0.1) is 74.6 Å². The van der Waals surface area contributed by atoms with Crippen molar-refractivity contribution in [2.75, 3.05) is 6.61 Å². The third-order valence-corrected chi connectivity index (χ3v) is 10.7. The monoisotopic (exact) mass is 882 g/mol. The molecule has 0 aliphatic rings. The Kier molecular flexibility index (Phi) is 21.8. The van der Waals surface area contributed by atoms with Gasteiger partial charge in [-0.2, -0.15) is 19.9 Å². The number of hydrogen-bond donors (Lipinski definition) is 0. The van der Waals surface area contributed by atoms with Crippen molar-refractivity contribution in [3.8, 4) is 22.3 Å². The number of hydrogen-bond acceptors (Lipinski definition) is 1. The van der Waals surface area contributed by atoms with Crippen molar-refractivity contribution in [2.45, 2.75) is 151 Å². The van der Waals surface area contributed by atoms with Crippen LogP contribution in [-0.2, 0) is 45.3 Å². The molecule has 0 saturated carbocycles. The van der Waals surface area contributed by atoms with E-state index in [9.17, 15) is 0 Å². The van der Waals surface area contributed by atoms with Crippen molar-refractivity contribution in [1.82, 2.24) is 0 Å². The van der Waals surface area contributed by atoms with Crippen LogP contribution in [0.3, 0.4) is 0 Å². The summed E-state index contributed by atoms with van der Waals surface area (Å²) in [5.41, 5.74) is 12.9. The van der Waals surface area contributed by atoms with Gasteiger partial charge in [-0.05, 0) is 66.2 Å². The molecule has 0 aliphatic heterocycles. The van der Waals surface area contributed by atoms with Gasteiger partial charge < -0.3 is 18.6 Å². The SMILES string of the molecule is CC(C)c1cc2c(-c3ccc(C(C)(C)C)cc3)cccc2[cH-]1.Cc1[cH-]c2cccc(-c3ccc(C(C)(C)C)cc3)c2c1CCCCCCOC(C)(C)C.[CH2-]C.[CH2-]C.[Si]=[Zr]. The Hall–Kier alpha value is -2.84. The molecule has 1 nitrogen and oxygen atoms in total. The number of fused-ring (bicyclic) bond motifs is 2. The van der Waals surface area contributed by atoms with E-state index < -0.39 is 0 Å². The fraction of sp³-hybridized carbons (Fsp3) is 0.429. The summed E-state index contributed by atoms with van der Waals surface area (Å²) in [6, 6.07) is 38.7. The molecule has 0 fully saturated rings. The van der Waals surface area contributed by atoms with Gasteiger partial charge in [0.15, 0.2) is 0 Å². The molecule has 0 aromatic heterocycles. The summed E-state index contributed by atoms with van der Waals surface area (Å²) in [5.74, 6) is 0.573. The summed E-state index contributed by atoms with van der Waals surface area (Å²) in [5, 5.41) is 5.55. The molecule has 0 heterocycles. The van der Waals surface area contributed by atoms with Crippen molar-refractivity contribution in [3.05, 3.63) is 145 Å². The second kappa shape index (κ2) is 24.6. The summed E-state index contributed by atoms with van der Waals surface area (Å²) in [7, 11) is 0. The Morgan fingerprint density at radius 1 is 0.610 bits per heavy atom. The first-order chi connectivity index (χ1) is 27.9. The maximum atomic E-state index is 5.85. The minimum atomic E-state index is -0.0210. The molecule has 2 radical (unpaired) electrons. The van der Waals surface area contributed by atoms with Crippen molar-refractivity contribution >= 4 is 28.4 Å². The fourth-order valence-electron chi connectivity index (χ4n) is 7.39. The Balaban J connectivity index is 0.000000376. The van der Waals surface area contributed by atoms with Crippen LogP contribution in [-0.4, -0.2) is 19.1 Å². The van der Waals surface area contributed by atoms with E-state index in [1.165, 1.54) is 114 Å². The number of ether oxygens (including phenoxy) is 1. The van der Waals surface area contributed by atoms with Gasteiger partial charge in [-0.1, -0.05) is 160 Å². The molecule has 0 saturated heterocycles. The van der Waals surface area contributed by atoms with Gasteiger partial charge >= 0.3 is 30.2 Å². The van der Waals surface area contributed by atoms with E-state index in [0.29, 0.717) is 5.92 Å². The van der Waals surface area contributed by atoms with Crippen molar-refractivity contribution in [3.63, 3.8) is 0 Å². The van der Waals surface area contributed by atoms with Crippen LogP contribution in [0.5, 0.6) is 0 Å². The van der Waals surface area contributed by atoms with Gasteiger partial charge in [0.2, 0.25) is 0 Å². The molecule has 0 spiro atoms. The molecular weight excluding hydrogens is 808 g/mol. The average molecular weight is 885 g/mol. The van der Waals surface area contributed by atoms with Gasteiger partial charge in [-0.25, -0.2) is 0 Å². The first-order valence-electron chi connectivity index (χ1n) is 21.8. The van der Waals surface area contributed by atoms with E-state index in [1.807, 2.05) is 0 Å². The molecule has 0 atom stereocenters. The number of rotatable bonds is 10. The van der Waals surface area contributed by atoms with Gasteiger partial charge in [0.1, 0.15) is 0 Å². The molecule has 59 heavy (non-hydrogen) atoms. The van der Waals surface area contributed by atoms with E-state index in [4.69, 9.17) is 4.74 Å². The van der Waals surface area contributed by atoms with E-state index in [2.05, 4.69) is 207 Å². The molecule has 6 aromatic rings. The summed E-state index contributed by atoms with van der Waals surface area (Å²) >= 11 is 1.36. The van der Waals surface area contributed by atoms with Gasteiger partial charge in [0.05, 0.1) is 5.60 Å². The predicted molar refractivity (Wildman–Crippen MR) is 262 cm³/mol. The topological polar surface area (TPSA) is 9.23 Å². The van der Waals surface area contributed by atoms with E-state index in [-0.39, 0.29) is 16.4 Å². The Labute approximate surface area is 379 Å². The zero-order chi connectivity index (χ0) is 44.6. The molecule has 318 valence electrons. The van der Waals surface area contributed by atoms with E-state index >= 15 is 0 Å². The van der Waals surface area contributed by atoms with Crippen LogP contribution >= 0.6 is 0 Å². The zero-order valence-electron chi connectivity index (χ0n) is 39.5. The Bertz CT molecular complexity index is 2090. The third-order valence-electron chi connectivity index (χ3n) is 10.7. The van der Waals surface area contributed by atoms with Crippen LogP contribution in [0.15, 0.2) is 103 Å². The van der Waals surface area contributed by atoms with E-state index in [0.717, 1.165) is 19.4 Å². The first kappa shape index (κ1) is 52.3. The summed E-state index contributed by atoms with van der Waals surface area (Å²) < 4.78 is 5.85. The van der Waals surface area contributed by atoms with Crippen LogP contribution in [0.1, 0.15) is 149 Å². The predicted octanol–water partition coefficient (Wildman–Crippen LogP) is 16.7. The molecular formula is C56H76OSiZr-4. The van der Waals surface area contributed by atoms with Crippen molar-refractivity contribution in [1.29, 1.82) is 0 Å². The van der Waals surface area contributed by atoms with Crippen LogP contribution in [0.2, 0.25) is 0 Å². The van der Waals surface area contributed by atoms with Gasteiger partial charge in [0, 0.05) is 6.61 Å². The Morgan fingerprint density at radius 3 is 1.58 bits per heavy atom. The molecule has 0 aliphatic carbocycles. The van der Waals surface area contributed by atoms with Crippen molar-refractivity contribution < 1.29 is 28.1 Å². The fourth-order valence-corrected chi connectivity index (χ4v) is 7.39. The molecule has 6 aromatic carbocycles. The van der Waals surface area contributed by atoms with Crippen LogP contribution in [0, 0.1) is 20.8 Å². The Morgan fingerprint density at radius 2 is 1.08 bits per heavy atom. The van der Waals surface area contributed by atoms with Crippen LogP contribution < -0.4 is 0 Å². The average Bonchev–Trinajstić information content (AvgIpc) is 3.80. The van der Waals surface area contributed by atoms with Gasteiger partial charge in [0.25, 0.3) is 0 Å². The third kappa shape index (κ3) is 15.5. The van der Waals surface area contributed by atoms with E-state index in [1.54, 1.807) is 13.8 Å². The second-order valence-electron chi connectivity index (χ2n) is 18.6. The number of benzene rings is 4. The molecule has 0 unspecified atom stereocenters. The summed E-state index contributed by atoms with van der Waals surface area (Å²) in [6.45, 7) is 40.7. The van der Waals surface area contributed by atoms with Crippen LogP contribution in [0.25, 0.3) is 43.8 Å². The number of unbranched alkanes of at least 4 members (excludes halogenated alkanes) is 3. The molecule has 0 amide bonds. The maximum absolute atomic E-state index is 5.85. The van der Waals surface area contributed by atoms with Crippen molar-refractivity contribution in [2.24, 2.45) is 0 Å². The molecule has 0 N–H and O–H groups in total. The summed E-state index contributed by atoms with van der Waals surface area (Å²) in [6.07, 6.45) is 6.07. The van der Waals surface area contributed by atoms with Gasteiger partial charge in [-0.3, -0.25) is 0 Å². The molecule has 0 bridgehead atoms. The first-order valence-corrected chi connectivity index (χ1v) is 26.0. The molecule has 6 rings (SSSR count). The minimum absolute atomic E-state index is 0.0210. The second-order valence-corrected chi connectivity index (χ2v) is 18.6. The summed E-state index contributed by atoms with van der Waals surface area (Å²) in [4.78, 5) is 0. The normalized spacial score (nSPS) is 11.5. The standard InChI is InChI=1S/C30H41O.C22H25.2C2H5.Si.Zr/c1-22-21-24-13-12-15-27(23-16-18-25(19-17-23)29(2,3)4)28(24)26(22)14-10-8-9-11-20-31-30(5,6)7;1-15(2)18-13-17-7-6-8-20(21(17)14-18)16-9-11-19(12-10-16)22(3,4)5;2*1-2;;/h12-13,15-19,21H,8-11,14,20H2,1-7H3;6-15H,1-5H3;2*1H2,2H3;;/q4*-1;;. The quantitative estimate of drug-likeness (QED) is 0.0757. The zero-order valence-corrected chi connectivity index (χ0v) is 42.9.